The van der Waals surface area contributed by atoms with Crippen molar-refractivity contribution in [3.05, 3.63) is 59.9 Å². The molecule has 0 aliphatic rings. The van der Waals surface area contributed by atoms with E-state index in [0.717, 1.165) is 17.0 Å². The van der Waals surface area contributed by atoms with Crippen LogP contribution in [0.4, 0.5) is 0 Å². The van der Waals surface area contributed by atoms with Gasteiger partial charge in [0.15, 0.2) is 0 Å². The summed E-state index contributed by atoms with van der Waals surface area (Å²) in [6.07, 6.45) is 1.80. The second kappa shape index (κ2) is 7.62. The predicted molar refractivity (Wildman–Crippen MR) is 79.0 cm³/mol. The van der Waals surface area contributed by atoms with Crippen LogP contribution in [0.5, 0.6) is 5.75 Å². The van der Waals surface area contributed by atoms with Gasteiger partial charge in [0.05, 0.1) is 18.3 Å². The molecule has 0 amide bonds. The highest BCUT2D eigenvalue weighted by Gasteiger charge is 2.17. The number of para-hydroxylation sites is 1. The van der Waals surface area contributed by atoms with Crippen LogP contribution in [-0.4, -0.2) is 32.4 Å². The Hall–Kier alpha value is -1.91. The van der Waals surface area contributed by atoms with Crippen LogP contribution in [0.2, 0.25) is 0 Å². The number of nitrogens with zero attached hydrogens (tertiary/aromatic N) is 1. The zero-order chi connectivity index (χ0) is 14.2. The highest BCUT2D eigenvalue weighted by molar-refractivity contribution is 5.39. The largest absolute Gasteiger partial charge is 0.491 e. The van der Waals surface area contributed by atoms with E-state index in [1.54, 1.807) is 13.3 Å². The average Bonchev–Trinajstić information content (AvgIpc) is 2.51. The summed E-state index contributed by atoms with van der Waals surface area (Å²) in [6, 6.07) is 13.9. The van der Waals surface area contributed by atoms with E-state index in [9.17, 15) is 0 Å². The van der Waals surface area contributed by atoms with Crippen molar-refractivity contribution in [2.75, 3.05) is 27.4 Å². The first kappa shape index (κ1) is 14.5. The van der Waals surface area contributed by atoms with Crippen molar-refractivity contribution < 1.29 is 9.47 Å². The highest BCUT2D eigenvalue weighted by Crippen LogP contribution is 2.28. The molecule has 4 heteroatoms. The molecule has 2 aromatic rings. The minimum atomic E-state index is 0.00921. The van der Waals surface area contributed by atoms with Gasteiger partial charge < -0.3 is 14.8 Å². The van der Waals surface area contributed by atoms with Crippen LogP contribution < -0.4 is 10.1 Å². The Morgan fingerprint density at radius 3 is 2.60 bits per heavy atom. The molecule has 2 rings (SSSR count). The number of methoxy groups -OCH3 is 1. The lowest BCUT2D eigenvalue weighted by Crippen LogP contribution is -2.20. The lowest BCUT2D eigenvalue weighted by atomic mass is 10.0. The van der Waals surface area contributed by atoms with Gasteiger partial charge in [0.1, 0.15) is 12.4 Å². The molecule has 0 fully saturated rings. The molecule has 0 bridgehead atoms. The van der Waals surface area contributed by atoms with Crippen molar-refractivity contribution >= 4 is 0 Å². The van der Waals surface area contributed by atoms with E-state index in [1.807, 2.05) is 43.4 Å². The number of pyridine rings is 1. The number of hydrogen-bond acceptors (Lipinski definition) is 4. The number of aromatic nitrogens is 1. The third-order valence-corrected chi connectivity index (χ3v) is 3.05. The van der Waals surface area contributed by atoms with Gasteiger partial charge in [0, 0.05) is 18.9 Å². The molecule has 0 saturated heterocycles. The van der Waals surface area contributed by atoms with Gasteiger partial charge >= 0.3 is 0 Å². The third-order valence-electron chi connectivity index (χ3n) is 3.05. The Bertz CT molecular complexity index is 517. The Labute approximate surface area is 119 Å². The Balaban J connectivity index is 2.25. The van der Waals surface area contributed by atoms with Crippen LogP contribution >= 0.6 is 0 Å². The van der Waals surface area contributed by atoms with Crippen LogP contribution in [0.15, 0.2) is 48.7 Å². The normalized spacial score (nSPS) is 12.1. The molecular formula is C16H20N2O2. The van der Waals surface area contributed by atoms with E-state index in [1.165, 1.54) is 0 Å². The maximum absolute atomic E-state index is 5.79. The first-order valence-corrected chi connectivity index (χ1v) is 6.65. The molecule has 1 aromatic carbocycles. The zero-order valence-electron chi connectivity index (χ0n) is 11.9. The molecule has 0 radical (unpaired) electrons. The average molecular weight is 272 g/mol. The summed E-state index contributed by atoms with van der Waals surface area (Å²) >= 11 is 0. The summed E-state index contributed by atoms with van der Waals surface area (Å²) in [4.78, 5) is 4.42. The molecule has 1 heterocycles. The molecule has 1 atom stereocenters. The zero-order valence-corrected chi connectivity index (χ0v) is 11.9. The van der Waals surface area contributed by atoms with Crippen molar-refractivity contribution in [1.29, 1.82) is 0 Å². The molecule has 0 aliphatic carbocycles. The van der Waals surface area contributed by atoms with Gasteiger partial charge in [-0.05, 0) is 25.2 Å². The van der Waals surface area contributed by atoms with Crippen molar-refractivity contribution in [2.45, 2.75) is 6.04 Å². The van der Waals surface area contributed by atoms with Crippen molar-refractivity contribution in [1.82, 2.24) is 10.3 Å². The third kappa shape index (κ3) is 3.56. The van der Waals surface area contributed by atoms with Gasteiger partial charge in [-0.2, -0.15) is 0 Å². The fourth-order valence-electron chi connectivity index (χ4n) is 2.09. The van der Waals surface area contributed by atoms with Crippen molar-refractivity contribution in [2.24, 2.45) is 0 Å². The van der Waals surface area contributed by atoms with E-state index in [4.69, 9.17) is 9.47 Å². The number of benzene rings is 1. The highest BCUT2D eigenvalue weighted by atomic mass is 16.5. The maximum Gasteiger partial charge on any atom is 0.124 e. The molecule has 106 valence electrons. The first-order valence-electron chi connectivity index (χ1n) is 6.65. The molecule has 4 nitrogen and oxygen atoms in total. The molecule has 1 aromatic heterocycles. The lowest BCUT2D eigenvalue weighted by Gasteiger charge is -2.19. The molecule has 0 aliphatic heterocycles. The van der Waals surface area contributed by atoms with E-state index in [0.29, 0.717) is 13.2 Å². The Morgan fingerprint density at radius 1 is 1.10 bits per heavy atom. The number of hydrogen-bond donors (Lipinski definition) is 1. The predicted octanol–water partition coefficient (Wildman–Crippen LogP) is 2.42. The van der Waals surface area contributed by atoms with E-state index >= 15 is 0 Å². The minimum absolute atomic E-state index is 0.00921. The summed E-state index contributed by atoms with van der Waals surface area (Å²) < 4.78 is 10.8. The SMILES string of the molecule is CNC(c1ccccn1)c1ccccc1OCCOC. The summed E-state index contributed by atoms with van der Waals surface area (Å²) in [7, 11) is 3.59. The number of nitrogens with one attached hydrogen (secondary N) is 1. The molecule has 1 unspecified atom stereocenters. The fourth-order valence-corrected chi connectivity index (χ4v) is 2.09. The van der Waals surface area contributed by atoms with E-state index in [2.05, 4.69) is 16.4 Å². The second-order valence-corrected chi connectivity index (χ2v) is 4.36. The quantitative estimate of drug-likeness (QED) is 0.786. The van der Waals surface area contributed by atoms with Crippen LogP contribution in [0.1, 0.15) is 17.3 Å². The Kier molecular flexibility index (Phi) is 5.53. The molecule has 0 saturated carbocycles. The Morgan fingerprint density at radius 2 is 1.90 bits per heavy atom. The van der Waals surface area contributed by atoms with Crippen molar-refractivity contribution in [3.8, 4) is 5.75 Å². The van der Waals surface area contributed by atoms with Gasteiger partial charge in [-0.25, -0.2) is 0 Å². The van der Waals surface area contributed by atoms with Crippen LogP contribution in [0.3, 0.4) is 0 Å². The van der Waals surface area contributed by atoms with Crippen LogP contribution in [0.25, 0.3) is 0 Å². The summed E-state index contributed by atoms with van der Waals surface area (Å²) in [5.74, 6) is 0.856. The first-order chi connectivity index (χ1) is 9.86. The lowest BCUT2D eigenvalue weighted by molar-refractivity contribution is 0.145. The van der Waals surface area contributed by atoms with Gasteiger partial charge in [0.25, 0.3) is 0 Å². The van der Waals surface area contributed by atoms with Crippen LogP contribution in [-0.2, 0) is 4.74 Å². The second-order valence-electron chi connectivity index (χ2n) is 4.36. The van der Waals surface area contributed by atoms with E-state index < -0.39 is 0 Å². The fraction of sp³-hybridized carbons (Fsp3) is 0.312. The van der Waals surface area contributed by atoms with Crippen molar-refractivity contribution in [3.63, 3.8) is 0 Å². The maximum atomic E-state index is 5.79. The van der Waals surface area contributed by atoms with Gasteiger partial charge in [0.2, 0.25) is 0 Å². The molecular weight excluding hydrogens is 252 g/mol. The smallest absolute Gasteiger partial charge is 0.124 e. The molecule has 0 spiro atoms. The summed E-state index contributed by atoms with van der Waals surface area (Å²) in [5, 5.41) is 3.29. The van der Waals surface area contributed by atoms with Gasteiger partial charge in [-0.15, -0.1) is 0 Å². The standard InChI is InChI=1S/C16H20N2O2/c1-17-16(14-8-5-6-10-18-14)13-7-3-4-9-15(13)20-12-11-19-2/h3-10,16-17H,11-12H2,1-2H3. The monoisotopic (exact) mass is 272 g/mol. The van der Waals surface area contributed by atoms with Crippen LogP contribution in [0, 0.1) is 0 Å². The number of rotatable bonds is 7. The molecule has 20 heavy (non-hydrogen) atoms. The topological polar surface area (TPSA) is 43.4 Å². The van der Waals surface area contributed by atoms with E-state index in [-0.39, 0.29) is 6.04 Å². The van der Waals surface area contributed by atoms with Gasteiger partial charge in [-0.1, -0.05) is 24.3 Å². The minimum Gasteiger partial charge on any atom is -0.491 e. The molecule has 1 N–H and O–H groups in total. The van der Waals surface area contributed by atoms with Gasteiger partial charge in [-0.3, -0.25) is 4.98 Å². The summed E-state index contributed by atoms with van der Waals surface area (Å²) in [6.45, 7) is 1.11. The summed E-state index contributed by atoms with van der Waals surface area (Å²) in [5.41, 5.74) is 2.04. The number of ether oxygens (including phenoxy) is 2.